The van der Waals surface area contributed by atoms with Gasteiger partial charge in [0.25, 0.3) is 0 Å². The Bertz CT molecular complexity index is 7420. The third-order valence-corrected chi connectivity index (χ3v) is 21.6. The van der Waals surface area contributed by atoms with Gasteiger partial charge in [-0.2, -0.15) is 13.0 Å². The second-order valence-corrected chi connectivity index (χ2v) is 31.4. The summed E-state index contributed by atoms with van der Waals surface area (Å²) in [6.07, 6.45) is 16.3. The van der Waals surface area contributed by atoms with Gasteiger partial charge in [-0.05, 0) is 158 Å². The van der Waals surface area contributed by atoms with Crippen molar-refractivity contribution in [3.63, 3.8) is 0 Å². The Morgan fingerprint density at radius 2 is 0.801 bits per heavy atom. The molecule has 0 bridgehead atoms. The standard InChI is InChI=1S/C47H33N3.C23H15F2N.C15H10F2O.C13H12NO.C8H8O.C7H4F2O.5CH4.Ac.BrH.H2O5S/c1-3-15-32(16-4-1)41-29-34(30-42(48-41)33-17-5-2-6-18-33)40-31-35(49-43-23-11-7-19-36(43)37-20-8-12-24-44(37)49)27-28-47(40)50-45-25-13-9-21-38(45)39-22-10-14-26-46(39)50;24-19-11-12-21(25)20(15-19)18-13-22(16-7-3-1-4-8-16)26-23(14-18)17-9-5-2-6-10-17;16-13-7-8-14(17)12(10-13)6-9-15(18)11-4-2-1-3-5-11;15-13(12-7-3-1-4-8-12)11-14-9-5-2-6-10-14;1-7(9)8-5-3-2-4-6-8;8-6-1-2-7(9)5(3-6)4-10;;;;;;;;1-5-6(2,3)4/h1-17,19-31,33H,18H2;1-15H;1-10H;1-10H,11H2;2-6H,1H3;1-4H;5*1H4;;1H;1H,(H,2,3,4)/q;;;+1;;;;;;;;;;/p-1/b;;9-6+;;;;;;;;;;;. The van der Waals surface area contributed by atoms with Crippen LogP contribution in [0.3, 0.4) is 0 Å². The molecule has 19 aromatic rings. The molecule has 0 spiro atoms. The first-order chi connectivity index (χ1) is 65.1. The molecule has 1 aliphatic carbocycles. The Morgan fingerprint density at radius 3 is 1.23 bits per heavy atom. The van der Waals surface area contributed by atoms with Crippen molar-refractivity contribution < 1.29 is 134 Å². The van der Waals surface area contributed by atoms with Crippen LogP contribution >= 0.6 is 0 Å². The van der Waals surface area contributed by atoms with Gasteiger partial charge in [-0.3, -0.25) is 28.7 Å². The van der Waals surface area contributed by atoms with Gasteiger partial charge in [0.1, 0.15) is 34.9 Å². The van der Waals surface area contributed by atoms with E-state index in [9.17, 15) is 45.5 Å². The molecular weight excluding hydrogens is 2080 g/mol. The van der Waals surface area contributed by atoms with E-state index in [0.717, 1.165) is 117 Å². The predicted molar refractivity (Wildman–Crippen MR) is 551 cm³/mol. The number of pyridine rings is 3. The number of carbonyl (C=O) groups is 4. The van der Waals surface area contributed by atoms with Crippen molar-refractivity contribution in [2.75, 3.05) is 0 Å². The van der Waals surface area contributed by atoms with Gasteiger partial charge >= 0.3 is 10.4 Å². The van der Waals surface area contributed by atoms with Crippen molar-refractivity contribution in [2.45, 2.75) is 62.9 Å². The van der Waals surface area contributed by atoms with Crippen molar-refractivity contribution >= 4 is 83.7 Å². The summed E-state index contributed by atoms with van der Waals surface area (Å²) in [5.74, 6) is -3.13. The predicted octanol–water partition coefficient (Wildman–Crippen LogP) is 27.4. The van der Waals surface area contributed by atoms with Crippen molar-refractivity contribution in [2.24, 2.45) is 0 Å². The molecule has 1 unspecified atom stereocenters. The molecule has 141 heavy (non-hydrogen) atoms. The molecule has 0 amide bonds. The maximum Gasteiger partial charge on any atom is 0.423 e. The molecule has 1 atom stereocenters. The maximum absolute atomic E-state index is 14.3. The summed E-state index contributed by atoms with van der Waals surface area (Å²) in [5.41, 5.74) is 18.5. The van der Waals surface area contributed by atoms with Crippen molar-refractivity contribution in [3.05, 3.63) is 506 Å². The Kier molecular flexibility index (Phi) is 44.4. The number of aldehydes is 1. The van der Waals surface area contributed by atoms with Crippen molar-refractivity contribution in [3.8, 4) is 67.4 Å². The number of halogens is 7. The molecule has 23 heteroatoms. The normalized spacial score (nSPS) is 11.2. The minimum atomic E-state index is -4.61. The van der Waals surface area contributed by atoms with E-state index in [-0.39, 0.29) is 144 Å². The topological polar surface area (TPSA) is 192 Å². The van der Waals surface area contributed by atoms with E-state index in [1.165, 1.54) is 61.8 Å². The van der Waals surface area contributed by atoms with Crippen molar-refractivity contribution in [1.29, 1.82) is 0 Å². The molecule has 0 fully saturated rings. The molecule has 5 aromatic heterocycles. The number of rotatable bonds is 17. The monoisotopic (exact) mass is 2190 g/mol. The molecule has 1 aliphatic rings. The molecule has 20 rings (SSSR count). The number of ketones is 3. The number of nitrogens with zero attached hydrogens (tertiary/aromatic N) is 5. The fraction of sp³-hybridized carbons (Fsp3) is 0.0763. The van der Waals surface area contributed by atoms with Gasteiger partial charge in [-0.25, -0.2) is 36.6 Å². The van der Waals surface area contributed by atoms with Gasteiger partial charge in [-0.15, -0.1) is 0 Å². The molecule has 0 aliphatic heterocycles. The Balaban J connectivity index is 0.000000251. The SMILES string of the molecule is C.C.C.C.C.C1=CCC(c2cc(-c3cc(-n4c5ccccc5c5ccccc54)ccc3-n3c4ccccc4c4ccccc43)cc(-c3ccccc3)n2)C=C1.CC(=O)c1ccccc1.Fc1ccc(F)c(-c2cc(-c3ccccc3)nc(-c3ccccc3)c2)c1.O=C(/C=C/c1cc(F)ccc1F)c1ccccc1.O=C(C[n+]1ccccc1)c1ccccc1.O=Cc1cc(F)ccc1F.O=S(=O)(O)OO.[Ac].[Br-]. The number of hydrogen-bond acceptors (Lipinski definition) is 10. The Labute approximate surface area is 864 Å². The first-order valence-electron chi connectivity index (χ1n) is 42.3. The summed E-state index contributed by atoms with van der Waals surface area (Å²) in [7, 11) is -4.61. The minimum Gasteiger partial charge on any atom is -1.00 e. The zero-order valence-corrected chi connectivity index (χ0v) is 80.0. The van der Waals surface area contributed by atoms with Crippen LogP contribution in [0.1, 0.15) is 109 Å². The molecule has 2 N–H and O–H groups in total. The molecule has 14 aromatic carbocycles. The van der Waals surface area contributed by atoms with Gasteiger partial charge in [-0.1, -0.05) is 327 Å². The van der Waals surface area contributed by atoms with Crippen LogP contribution in [0.4, 0.5) is 26.3 Å². The van der Waals surface area contributed by atoms with Crippen LogP contribution in [0.2, 0.25) is 0 Å². The second kappa shape index (κ2) is 55.2. The zero-order chi connectivity index (χ0) is 93.9. The molecule has 14 nitrogen and oxygen atoms in total. The number of hydrogen-bond donors (Lipinski definition) is 2. The van der Waals surface area contributed by atoms with E-state index in [1.54, 1.807) is 49.4 Å². The number of Topliss-reactive ketones (excluding diaryl/α,β-unsaturated/α-hetero) is 2. The smallest absolute Gasteiger partial charge is 0.423 e. The van der Waals surface area contributed by atoms with Gasteiger partial charge in [0, 0.05) is 145 Å². The average molecular weight is 2190 g/mol. The number of benzene rings is 14. The van der Waals surface area contributed by atoms with Crippen LogP contribution < -0.4 is 21.5 Å². The van der Waals surface area contributed by atoms with Gasteiger partial charge < -0.3 is 26.1 Å². The van der Waals surface area contributed by atoms with Gasteiger partial charge in [0.05, 0.1) is 50.4 Å². The Morgan fingerprint density at radius 1 is 0.418 bits per heavy atom. The first kappa shape index (κ1) is 113. The van der Waals surface area contributed by atoms with Crippen LogP contribution in [0.5, 0.6) is 0 Å². The van der Waals surface area contributed by atoms with Crippen LogP contribution in [0, 0.1) is 79.0 Å². The van der Waals surface area contributed by atoms with E-state index in [1.807, 2.05) is 156 Å². The van der Waals surface area contributed by atoms with Crippen LogP contribution in [-0.2, 0) is 21.3 Å². The molecule has 5 heterocycles. The molecular formula is C118H104AcBrF6N5O9S. The van der Waals surface area contributed by atoms with E-state index >= 15 is 0 Å². The van der Waals surface area contributed by atoms with E-state index in [4.69, 9.17) is 28.2 Å². The number of para-hydroxylation sites is 4. The number of allylic oxidation sites excluding steroid dienone is 5. The van der Waals surface area contributed by atoms with Crippen molar-refractivity contribution in [1.82, 2.24) is 19.1 Å². The first-order valence-corrected chi connectivity index (χ1v) is 43.6. The van der Waals surface area contributed by atoms with E-state index in [0.29, 0.717) is 29.1 Å². The fourth-order valence-corrected chi connectivity index (χ4v) is 15.0. The Hall–Kier alpha value is -14.6. The summed E-state index contributed by atoms with van der Waals surface area (Å²) in [6.45, 7) is 1.96. The quantitative estimate of drug-likeness (QED) is 0.0129. The zero-order valence-electron chi connectivity index (χ0n) is 72.8. The molecule has 0 saturated carbocycles. The van der Waals surface area contributed by atoms with E-state index < -0.39 is 45.3 Å². The van der Waals surface area contributed by atoms with Crippen LogP contribution in [-0.4, -0.2) is 61.0 Å². The summed E-state index contributed by atoms with van der Waals surface area (Å²) in [5, 5.41) is 12.1. The molecule has 1 radical (unpaired) electrons. The van der Waals surface area contributed by atoms with Gasteiger partial charge in [0.2, 0.25) is 12.3 Å². The summed E-state index contributed by atoms with van der Waals surface area (Å²) in [6, 6.07) is 122. The van der Waals surface area contributed by atoms with E-state index in [2.05, 4.69) is 195 Å². The van der Waals surface area contributed by atoms with Gasteiger partial charge in [0.15, 0.2) is 30.2 Å². The third kappa shape index (κ3) is 30.2. The molecule has 0 saturated heterocycles. The third-order valence-electron chi connectivity index (χ3n) is 21.4. The largest absolute Gasteiger partial charge is 1.00 e. The summed E-state index contributed by atoms with van der Waals surface area (Å²) in [4.78, 5) is 54.2. The van der Waals surface area contributed by atoms with Crippen LogP contribution in [0.25, 0.3) is 117 Å². The second-order valence-electron chi connectivity index (χ2n) is 30.4. The minimum absolute atomic E-state index is 0. The fourth-order valence-electron chi connectivity index (χ4n) is 15.0. The summed E-state index contributed by atoms with van der Waals surface area (Å²) >= 11 is 0. The number of fused-ring (bicyclic) bond motifs is 6. The van der Waals surface area contributed by atoms with Crippen LogP contribution in [0.15, 0.2) is 437 Å². The maximum atomic E-state index is 14.3. The summed E-state index contributed by atoms with van der Waals surface area (Å²) < 4.78 is 114. The number of carbonyl (C=O) groups excluding carboxylic acids is 4. The molecule has 713 valence electrons. The number of aromatic nitrogens is 5. The average Bonchev–Trinajstić information content (AvgIpc) is 1.58.